The average Bonchev–Trinajstić information content (AvgIpc) is 2.92. The van der Waals surface area contributed by atoms with E-state index in [0.29, 0.717) is 5.56 Å². The number of alkyl halides is 3. The molecule has 1 saturated heterocycles. The Morgan fingerprint density at radius 1 is 1.46 bits per heavy atom. The highest BCUT2D eigenvalue weighted by Crippen LogP contribution is 2.40. The van der Waals surface area contributed by atoms with Crippen LogP contribution in [0.3, 0.4) is 0 Å². The average molecular weight is 346 g/mol. The fourth-order valence-electron chi connectivity index (χ4n) is 2.96. The van der Waals surface area contributed by atoms with E-state index in [1.807, 2.05) is 0 Å². The SMILES string of the molecule is CCOC(=O)[C@@H]1CC(c2ccc([N+](=O)[O-])c(C)c2)[C@H](C(F)(F)F)N1. The predicted molar refractivity (Wildman–Crippen MR) is 78.6 cm³/mol. The zero-order chi connectivity index (χ0) is 18.1. The quantitative estimate of drug-likeness (QED) is 0.515. The highest BCUT2D eigenvalue weighted by molar-refractivity contribution is 5.76. The number of hydrogen-bond acceptors (Lipinski definition) is 5. The first-order chi connectivity index (χ1) is 11.1. The Bertz CT molecular complexity index is 648. The highest BCUT2D eigenvalue weighted by atomic mass is 19.4. The van der Waals surface area contributed by atoms with Gasteiger partial charge < -0.3 is 4.74 Å². The number of nitrogens with zero attached hydrogens (tertiary/aromatic N) is 1. The van der Waals surface area contributed by atoms with Crippen molar-refractivity contribution in [2.75, 3.05) is 6.61 Å². The summed E-state index contributed by atoms with van der Waals surface area (Å²) < 4.78 is 44.7. The first kappa shape index (κ1) is 18.2. The van der Waals surface area contributed by atoms with Gasteiger partial charge in [0.05, 0.1) is 11.5 Å². The van der Waals surface area contributed by atoms with Gasteiger partial charge >= 0.3 is 12.1 Å². The van der Waals surface area contributed by atoms with Crippen LogP contribution >= 0.6 is 0 Å². The number of nitrogens with one attached hydrogen (secondary N) is 1. The molecule has 6 nitrogen and oxygen atoms in total. The molecule has 0 aromatic heterocycles. The third-order valence-electron chi connectivity index (χ3n) is 4.04. The second-order valence-corrected chi connectivity index (χ2v) is 5.64. The number of carbonyl (C=O) groups excluding carboxylic acids is 1. The lowest BCUT2D eigenvalue weighted by atomic mass is 9.89. The van der Waals surface area contributed by atoms with Crippen molar-refractivity contribution in [2.45, 2.75) is 44.4 Å². The van der Waals surface area contributed by atoms with Gasteiger partial charge in [0.15, 0.2) is 0 Å². The number of carbonyl (C=O) groups is 1. The maximum Gasteiger partial charge on any atom is 0.404 e. The number of benzene rings is 1. The van der Waals surface area contributed by atoms with Crippen LogP contribution in [-0.4, -0.2) is 35.8 Å². The van der Waals surface area contributed by atoms with Crippen molar-refractivity contribution in [2.24, 2.45) is 0 Å². The number of aryl methyl sites for hydroxylation is 1. The second-order valence-electron chi connectivity index (χ2n) is 5.64. The molecule has 132 valence electrons. The lowest BCUT2D eigenvalue weighted by Gasteiger charge is -2.22. The third-order valence-corrected chi connectivity index (χ3v) is 4.04. The van der Waals surface area contributed by atoms with Gasteiger partial charge in [0.1, 0.15) is 12.1 Å². The van der Waals surface area contributed by atoms with E-state index in [-0.39, 0.29) is 24.3 Å². The number of nitro groups is 1. The molecule has 1 N–H and O–H groups in total. The zero-order valence-electron chi connectivity index (χ0n) is 13.1. The zero-order valence-corrected chi connectivity index (χ0v) is 13.1. The van der Waals surface area contributed by atoms with Gasteiger partial charge in [0.2, 0.25) is 0 Å². The summed E-state index contributed by atoms with van der Waals surface area (Å²) in [5, 5.41) is 13.1. The predicted octanol–water partition coefficient (Wildman–Crippen LogP) is 2.84. The molecule has 1 aromatic rings. The smallest absolute Gasteiger partial charge is 0.404 e. The van der Waals surface area contributed by atoms with E-state index in [2.05, 4.69) is 5.32 Å². The molecule has 1 heterocycles. The van der Waals surface area contributed by atoms with Gasteiger partial charge in [-0.05, 0) is 31.9 Å². The van der Waals surface area contributed by atoms with Crippen LogP contribution in [0, 0.1) is 17.0 Å². The van der Waals surface area contributed by atoms with Crippen LogP contribution in [0.2, 0.25) is 0 Å². The normalized spacial score (nSPS) is 24.0. The Labute approximate surface area is 136 Å². The summed E-state index contributed by atoms with van der Waals surface area (Å²) in [5.41, 5.74) is 0.424. The van der Waals surface area contributed by atoms with E-state index >= 15 is 0 Å². The maximum absolute atomic E-state index is 13.3. The molecule has 1 fully saturated rings. The Hall–Kier alpha value is -2.16. The molecule has 9 heteroatoms. The molecule has 1 unspecified atom stereocenters. The molecule has 24 heavy (non-hydrogen) atoms. The van der Waals surface area contributed by atoms with E-state index in [1.165, 1.54) is 25.1 Å². The van der Waals surface area contributed by atoms with Gasteiger partial charge in [0.25, 0.3) is 5.69 Å². The standard InChI is InChI=1S/C15H17F3N2O4/c1-3-24-14(21)11-7-10(13(19-11)15(16,17)18)9-4-5-12(20(22)23)8(2)6-9/h4-6,10-11,13,19H,3,7H2,1-2H3/t10?,11-,13+/m0/s1. The Morgan fingerprint density at radius 3 is 2.62 bits per heavy atom. The van der Waals surface area contributed by atoms with Crippen LogP contribution in [0.15, 0.2) is 18.2 Å². The van der Waals surface area contributed by atoms with Crippen LogP contribution < -0.4 is 5.32 Å². The van der Waals surface area contributed by atoms with Crippen molar-refractivity contribution >= 4 is 11.7 Å². The summed E-state index contributed by atoms with van der Waals surface area (Å²) in [4.78, 5) is 22.0. The monoisotopic (exact) mass is 346 g/mol. The fourth-order valence-corrected chi connectivity index (χ4v) is 2.96. The maximum atomic E-state index is 13.3. The minimum absolute atomic E-state index is 0.0784. The molecule has 0 bridgehead atoms. The first-order valence-corrected chi connectivity index (χ1v) is 7.39. The minimum Gasteiger partial charge on any atom is -0.465 e. The van der Waals surface area contributed by atoms with Crippen molar-refractivity contribution in [3.05, 3.63) is 39.4 Å². The van der Waals surface area contributed by atoms with E-state index in [1.54, 1.807) is 6.92 Å². The molecule has 0 amide bonds. The summed E-state index contributed by atoms with van der Waals surface area (Å²) >= 11 is 0. The Kier molecular flexibility index (Phi) is 5.12. The van der Waals surface area contributed by atoms with Crippen molar-refractivity contribution in [1.29, 1.82) is 0 Å². The molecule has 0 radical (unpaired) electrons. The lowest BCUT2D eigenvalue weighted by Crippen LogP contribution is -2.45. The van der Waals surface area contributed by atoms with Gasteiger partial charge in [-0.2, -0.15) is 13.2 Å². The van der Waals surface area contributed by atoms with Crippen molar-refractivity contribution in [1.82, 2.24) is 5.32 Å². The molecule has 1 aliphatic heterocycles. The van der Waals surface area contributed by atoms with Crippen LogP contribution in [0.25, 0.3) is 0 Å². The van der Waals surface area contributed by atoms with E-state index in [9.17, 15) is 28.1 Å². The summed E-state index contributed by atoms with van der Waals surface area (Å²) in [7, 11) is 0. The van der Waals surface area contributed by atoms with E-state index < -0.39 is 35.1 Å². The summed E-state index contributed by atoms with van der Waals surface area (Å²) in [6.45, 7) is 3.12. The summed E-state index contributed by atoms with van der Waals surface area (Å²) in [6.07, 6.45) is -4.64. The fraction of sp³-hybridized carbons (Fsp3) is 0.533. The summed E-state index contributed by atoms with van der Waals surface area (Å²) in [6, 6.07) is 0.904. The Balaban J connectivity index is 2.33. The number of rotatable bonds is 4. The number of esters is 1. The molecule has 3 atom stereocenters. The van der Waals surface area contributed by atoms with Gasteiger partial charge in [-0.25, -0.2) is 0 Å². The van der Waals surface area contributed by atoms with E-state index in [4.69, 9.17) is 4.74 Å². The highest BCUT2D eigenvalue weighted by Gasteiger charge is 2.52. The topological polar surface area (TPSA) is 81.5 Å². The largest absolute Gasteiger partial charge is 0.465 e. The van der Waals surface area contributed by atoms with Crippen LogP contribution in [-0.2, 0) is 9.53 Å². The molecular weight excluding hydrogens is 329 g/mol. The summed E-state index contributed by atoms with van der Waals surface area (Å²) in [5.74, 6) is -1.74. The van der Waals surface area contributed by atoms with Crippen LogP contribution in [0.5, 0.6) is 0 Å². The Morgan fingerprint density at radius 2 is 2.12 bits per heavy atom. The minimum atomic E-state index is -4.55. The number of halogens is 3. The number of hydrogen-bond donors (Lipinski definition) is 1. The van der Waals surface area contributed by atoms with Gasteiger partial charge in [0, 0.05) is 17.5 Å². The van der Waals surface area contributed by atoms with Crippen LogP contribution in [0.4, 0.5) is 18.9 Å². The van der Waals surface area contributed by atoms with Crippen molar-refractivity contribution < 1.29 is 27.6 Å². The van der Waals surface area contributed by atoms with Crippen LogP contribution in [0.1, 0.15) is 30.4 Å². The lowest BCUT2D eigenvalue weighted by molar-refractivity contribution is -0.385. The van der Waals surface area contributed by atoms with Gasteiger partial charge in [-0.15, -0.1) is 0 Å². The molecule has 1 aromatic carbocycles. The van der Waals surface area contributed by atoms with Gasteiger partial charge in [-0.1, -0.05) is 6.07 Å². The third kappa shape index (κ3) is 3.66. The molecule has 2 rings (SSSR count). The second kappa shape index (κ2) is 6.76. The molecule has 0 saturated carbocycles. The van der Waals surface area contributed by atoms with Crippen molar-refractivity contribution in [3.63, 3.8) is 0 Å². The molecular formula is C15H17F3N2O4. The van der Waals surface area contributed by atoms with Crippen molar-refractivity contribution in [3.8, 4) is 0 Å². The number of nitro benzene ring substituents is 1. The van der Waals surface area contributed by atoms with Gasteiger partial charge in [-0.3, -0.25) is 20.2 Å². The number of ether oxygens (including phenoxy) is 1. The molecule has 0 aliphatic carbocycles. The molecule has 0 spiro atoms. The molecule has 1 aliphatic rings. The van der Waals surface area contributed by atoms with E-state index in [0.717, 1.165) is 0 Å². The first-order valence-electron chi connectivity index (χ1n) is 7.39.